The molecule has 0 unspecified atom stereocenters. The van der Waals surface area contributed by atoms with Crippen molar-refractivity contribution in [3.63, 3.8) is 0 Å². The molecule has 1 aliphatic rings. The van der Waals surface area contributed by atoms with Crippen LogP contribution in [0.4, 0.5) is 0 Å². The highest BCUT2D eigenvalue weighted by molar-refractivity contribution is 6.19. The Hall–Kier alpha value is -1.03. The Morgan fingerprint density at radius 1 is 1.62 bits per heavy atom. The van der Waals surface area contributed by atoms with Crippen LogP contribution >= 0.6 is 11.6 Å². The number of alkyl halides is 1. The zero-order chi connectivity index (χ0) is 11.6. The second-order valence-electron chi connectivity index (χ2n) is 4.37. The highest BCUT2D eigenvalue weighted by atomic mass is 35.5. The molecule has 0 aliphatic heterocycles. The molecule has 0 radical (unpaired) electrons. The van der Waals surface area contributed by atoms with E-state index in [1.165, 1.54) is 6.20 Å². The van der Waals surface area contributed by atoms with Crippen molar-refractivity contribution in [3.05, 3.63) is 17.5 Å². The number of nitrogens with one attached hydrogen (secondary N) is 1. The van der Waals surface area contributed by atoms with Gasteiger partial charge < -0.3 is 9.84 Å². The third-order valence-corrected chi connectivity index (χ3v) is 3.70. The molecule has 0 saturated heterocycles. The fourth-order valence-electron chi connectivity index (χ4n) is 2.17. The molecule has 1 aliphatic carbocycles. The van der Waals surface area contributed by atoms with Crippen molar-refractivity contribution in [1.82, 2.24) is 10.5 Å². The number of nitrogens with zero attached hydrogens (tertiary/aromatic N) is 1. The molecule has 1 amide bonds. The zero-order valence-corrected chi connectivity index (χ0v) is 10.0. The minimum Gasteiger partial charge on any atom is -0.361 e. The van der Waals surface area contributed by atoms with Crippen molar-refractivity contribution < 1.29 is 9.32 Å². The standard InChI is InChI=1S/C11H15ClN2O2/c1-8-9(6-13-16-8)10(15)14-11(7-12)4-2-3-5-11/h6H,2-5,7H2,1H3,(H,14,15). The van der Waals surface area contributed by atoms with Gasteiger partial charge in [-0.15, -0.1) is 11.6 Å². The number of aryl methyl sites for hydroxylation is 1. The Labute approximate surface area is 99.3 Å². The Morgan fingerprint density at radius 3 is 2.81 bits per heavy atom. The van der Waals surface area contributed by atoms with Crippen LogP contribution in [0.3, 0.4) is 0 Å². The van der Waals surface area contributed by atoms with E-state index < -0.39 is 0 Å². The predicted octanol–water partition coefficient (Wildman–Crippen LogP) is 2.26. The van der Waals surface area contributed by atoms with E-state index in [2.05, 4.69) is 10.5 Å². The lowest BCUT2D eigenvalue weighted by Crippen LogP contribution is -2.47. The van der Waals surface area contributed by atoms with Crippen molar-refractivity contribution in [2.45, 2.75) is 38.1 Å². The lowest BCUT2D eigenvalue weighted by Gasteiger charge is -2.27. The van der Waals surface area contributed by atoms with Crippen LogP contribution in [0.2, 0.25) is 0 Å². The molecule has 4 nitrogen and oxygen atoms in total. The monoisotopic (exact) mass is 242 g/mol. The molecule has 1 heterocycles. The van der Waals surface area contributed by atoms with Gasteiger partial charge in [-0.3, -0.25) is 4.79 Å². The summed E-state index contributed by atoms with van der Waals surface area (Å²) in [5.74, 6) is 0.866. The average Bonchev–Trinajstić information content (AvgIpc) is 2.87. The first-order valence-corrected chi connectivity index (χ1v) is 6.00. The van der Waals surface area contributed by atoms with Gasteiger partial charge in [0.15, 0.2) is 0 Å². The number of halogens is 1. The zero-order valence-electron chi connectivity index (χ0n) is 9.25. The lowest BCUT2D eigenvalue weighted by molar-refractivity contribution is 0.0908. The molecule has 1 fully saturated rings. The Balaban J connectivity index is 2.09. The summed E-state index contributed by atoms with van der Waals surface area (Å²) in [6.45, 7) is 1.73. The number of hydrogen-bond donors (Lipinski definition) is 1. The maximum absolute atomic E-state index is 12.0. The smallest absolute Gasteiger partial charge is 0.256 e. The van der Waals surface area contributed by atoms with E-state index in [-0.39, 0.29) is 11.4 Å². The maximum atomic E-state index is 12.0. The third kappa shape index (κ3) is 2.07. The lowest BCUT2D eigenvalue weighted by atomic mass is 10.00. The van der Waals surface area contributed by atoms with Gasteiger partial charge in [-0.2, -0.15) is 0 Å². The number of aromatic nitrogens is 1. The Morgan fingerprint density at radius 2 is 2.31 bits per heavy atom. The number of carbonyl (C=O) groups excluding carboxylic acids is 1. The number of amides is 1. The van der Waals surface area contributed by atoms with Crippen molar-refractivity contribution in [3.8, 4) is 0 Å². The Kier molecular flexibility index (Phi) is 3.19. The highest BCUT2D eigenvalue weighted by Crippen LogP contribution is 2.31. The Bertz CT molecular complexity index is 383. The molecule has 5 heteroatoms. The van der Waals surface area contributed by atoms with Crippen LogP contribution in [0.25, 0.3) is 0 Å². The molecule has 0 bridgehead atoms. The SMILES string of the molecule is Cc1oncc1C(=O)NC1(CCl)CCCC1. The fourth-order valence-corrected chi connectivity index (χ4v) is 2.50. The van der Waals surface area contributed by atoms with E-state index in [0.29, 0.717) is 17.2 Å². The van der Waals surface area contributed by atoms with Gasteiger partial charge in [0.05, 0.1) is 11.7 Å². The second kappa shape index (κ2) is 4.45. The summed E-state index contributed by atoms with van der Waals surface area (Å²) in [5, 5.41) is 6.61. The fraction of sp³-hybridized carbons (Fsp3) is 0.636. The van der Waals surface area contributed by atoms with E-state index in [9.17, 15) is 4.79 Å². The van der Waals surface area contributed by atoms with Crippen molar-refractivity contribution >= 4 is 17.5 Å². The number of carbonyl (C=O) groups is 1. The summed E-state index contributed by atoms with van der Waals surface area (Å²) >= 11 is 5.96. The first-order chi connectivity index (χ1) is 7.67. The average molecular weight is 243 g/mol. The normalized spacial score (nSPS) is 18.6. The molecule has 2 rings (SSSR count). The van der Waals surface area contributed by atoms with E-state index in [0.717, 1.165) is 25.7 Å². The van der Waals surface area contributed by atoms with E-state index in [1.54, 1.807) is 6.92 Å². The number of rotatable bonds is 3. The second-order valence-corrected chi connectivity index (χ2v) is 4.64. The summed E-state index contributed by atoms with van der Waals surface area (Å²) in [4.78, 5) is 12.0. The van der Waals surface area contributed by atoms with Crippen LogP contribution in [0.5, 0.6) is 0 Å². The topological polar surface area (TPSA) is 55.1 Å². The quantitative estimate of drug-likeness (QED) is 0.828. The van der Waals surface area contributed by atoms with Crippen LogP contribution in [-0.2, 0) is 0 Å². The first kappa shape index (κ1) is 11.5. The van der Waals surface area contributed by atoms with Gasteiger partial charge in [0.25, 0.3) is 5.91 Å². The third-order valence-electron chi connectivity index (χ3n) is 3.19. The minimum absolute atomic E-state index is 0.138. The van der Waals surface area contributed by atoms with Gasteiger partial charge in [0.1, 0.15) is 11.3 Å². The first-order valence-electron chi connectivity index (χ1n) is 5.47. The molecule has 0 atom stereocenters. The van der Waals surface area contributed by atoms with Gasteiger partial charge in [-0.05, 0) is 19.8 Å². The van der Waals surface area contributed by atoms with E-state index in [1.807, 2.05) is 0 Å². The van der Waals surface area contributed by atoms with Gasteiger partial charge >= 0.3 is 0 Å². The van der Waals surface area contributed by atoms with E-state index in [4.69, 9.17) is 16.1 Å². The van der Waals surface area contributed by atoms with Crippen LogP contribution in [0.15, 0.2) is 10.7 Å². The molecular weight excluding hydrogens is 228 g/mol. The molecule has 1 aromatic rings. The van der Waals surface area contributed by atoms with Gasteiger partial charge in [-0.1, -0.05) is 18.0 Å². The van der Waals surface area contributed by atoms with Crippen molar-refractivity contribution in [2.75, 3.05) is 5.88 Å². The van der Waals surface area contributed by atoms with Crippen LogP contribution in [0, 0.1) is 6.92 Å². The molecule has 1 N–H and O–H groups in total. The molecule has 1 aromatic heterocycles. The molecule has 0 spiro atoms. The molecule has 16 heavy (non-hydrogen) atoms. The molecular formula is C11H15ClN2O2. The van der Waals surface area contributed by atoms with Crippen molar-refractivity contribution in [1.29, 1.82) is 0 Å². The summed E-state index contributed by atoms with van der Waals surface area (Å²) in [5.41, 5.74) is 0.263. The minimum atomic E-state index is -0.234. The van der Waals surface area contributed by atoms with Crippen LogP contribution in [0.1, 0.15) is 41.8 Å². The van der Waals surface area contributed by atoms with Gasteiger partial charge in [0, 0.05) is 5.88 Å². The van der Waals surface area contributed by atoms with Gasteiger partial charge in [-0.25, -0.2) is 0 Å². The molecule has 1 saturated carbocycles. The largest absolute Gasteiger partial charge is 0.361 e. The number of hydrogen-bond acceptors (Lipinski definition) is 3. The van der Waals surface area contributed by atoms with Gasteiger partial charge in [0.2, 0.25) is 0 Å². The highest BCUT2D eigenvalue weighted by Gasteiger charge is 2.35. The summed E-state index contributed by atoms with van der Waals surface area (Å²) in [6.07, 6.45) is 5.59. The predicted molar refractivity (Wildman–Crippen MR) is 60.6 cm³/mol. The summed E-state index contributed by atoms with van der Waals surface area (Å²) in [7, 11) is 0. The van der Waals surface area contributed by atoms with Crippen LogP contribution in [-0.4, -0.2) is 22.5 Å². The molecule has 0 aromatic carbocycles. The van der Waals surface area contributed by atoms with E-state index >= 15 is 0 Å². The summed E-state index contributed by atoms with van der Waals surface area (Å²) in [6, 6.07) is 0. The van der Waals surface area contributed by atoms with Crippen molar-refractivity contribution in [2.24, 2.45) is 0 Å². The molecule has 88 valence electrons. The maximum Gasteiger partial charge on any atom is 0.256 e. The summed E-state index contributed by atoms with van der Waals surface area (Å²) < 4.78 is 4.87. The van der Waals surface area contributed by atoms with Crippen LogP contribution < -0.4 is 5.32 Å².